The van der Waals surface area contributed by atoms with Gasteiger partial charge in [0.05, 0.1) is 0 Å². The summed E-state index contributed by atoms with van der Waals surface area (Å²) in [7, 11) is 2.24. The normalized spacial score (nSPS) is 54.0. The first-order valence-corrected chi connectivity index (χ1v) is 3.43. The van der Waals surface area contributed by atoms with Gasteiger partial charge in [-0.05, 0) is 31.8 Å². The van der Waals surface area contributed by atoms with E-state index < -0.39 is 0 Å². The SMILES string of the molecule is CN1CCC2(C)CC12. The highest BCUT2D eigenvalue weighted by atomic mass is 15.2. The summed E-state index contributed by atoms with van der Waals surface area (Å²) in [5.41, 5.74) is 0.759. The molecule has 2 unspecified atom stereocenters. The van der Waals surface area contributed by atoms with Crippen LogP contribution in [0.3, 0.4) is 0 Å². The molecule has 1 saturated heterocycles. The summed E-state index contributed by atoms with van der Waals surface area (Å²) in [4.78, 5) is 2.49. The Morgan fingerprint density at radius 2 is 2.38 bits per heavy atom. The van der Waals surface area contributed by atoms with Gasteiger partial charge >= 0.3 is 0 Å². The molecule has 8 heavy (non-hydrogen) atoms. The van der Waals surface area contributed by atoms with Crippen LogP contribution in [0.5, 0.6) is 0 Å². The standard InChI is InChI=1S/C7H13N/c1-7-3-4-8(2)6(7)5-7/h6H,3-5H2,1-2H3. The number of rotatable bonds is 0. The molecule has 0 radical (unpaired) electrons. The zero-order chi connectivity index (χ0) is 5.78. The molecule has 0 aromatic carbocycles. The molecule has 0 spiro atoms. The lowest BCUT2D eigenvalue weighted by Crippen LogP contribution is -2.16. The van der Waals surface area contributed by atoms with Crippen molar-refractivity contribution in [3.8, 4) is 0 Å². The van der Waals surface area contributed by atoms with Crippen molar-refractivity contribution in [3.05, 3.63) is 0 Å². The fraction of sp³-hybridized carbons (Fsp3) is 1.00. The smallest absolute Gasteiger partial charge is 0.0153 e. The van der Waals surface area contributed by atoms with Gasteiger partial charge in [0.25, 0.3) is 0 Å². The molecule has 2 aliphatic rings. The fourth-order valence-corrected chi connectivity index (χ4v) is 1.93. The first-order chi connectivity index (χ1) is 3.72. The first-order valence-electron chi connectivity index (χ1n) is 3.43. The molecule has 46 valence electrons. The molecule has 0 aromatic rings. The molecule has 2 rings (SSSR count). The van der Waals surface area contributed by atoms with Crippen LogP contribution in [0.25, 0.3) is 0 Å². The van der Waals surface area contributed by atoms with Crippen LogP contribution in [0.2, 0.25) is 0 Å². The molecular weight excluding hydrogens is 98.1 g/mol. The van der Waals surface area contributed by atoms with Gasteiger partial charge < -0.3 is 4.90 Å². The van der Waals surface area contributed by atoms with E-state index in [0.717, 1.165) is 11.5 Å². The third kappa shape index (κ3) is 0.408. The summed E-state index contributed by atoms with van der Waals surface area (Å²) >= 11 is 0. The molecule has 1 aliphatic heterocycles. The Labute approximate surface area is 50.7 Å². The summed E-state index contributed by atoms with van der Waals surface area (Å²) in [5.74, 6) is 0. The van der Waals surface area contributed by atoms with Crippen molar-refractivity contribution in [1.29, 1.82) is 0 Å². The minimum absolute atomic E-state index is 0.759. The maximum atomic E-state index is 2.49. The van der Waals surface area contributed by atoms with E-state index in [-0.39, 0.29) is 0 Å². The molecule has 2 atom stereocenters. The van der Waals surface area contributed by atoms with Crippen molar-refractivity contribution in [2.45, 2.75) is 25.8 Å². The molecule has 0 bridgehead atoms. The molecule has 0 aromatic heterocycles. The molecular formula is C7H13N. The zero-order valence-corrected chi connectivity index (χ0v) is 5.65. The average molecular weight is 111 g/mol. The van der Waals surface area contributed by atoms with Gasteiger partial charge in [0.1, 0.15) is 0 Å². The van der Waals surface area contributed by atoms with Crippen molar-refractivity contribution < 1.29 is 0 Å². The van der Waals surface area contributed by atoms with Gasteiger partial charge in [-0.3, -0.25) is 0 Å². The van der Waals surface area contributed by atoms with Crippen molar-refractivity contribution in [1.82, 2.24) is 4.90 Å². The van der Waals surface area contributed by atoms with Gasteiger partial charge in [0, 0.05) is 6.04 Å². The predicted molar refractivity (Wildman–Crippen MR) is 33.8 cm³/mol. The molecule has 0 amide bonds. The predicted octanol–water partition coefficient (Wildman–Crippen LogP) is 1.10. The summed E-state index contributed by atoms with van der Waals surface area (Å²) in [6.45, 7) is 3.74. The number of nitrogens with zero attached hydrogens (tertiary/aromatic N) is 1. The summed E-state index contributed by atoms with van der Waals surface area (Å²) in [6.07, 6.45) is 2.90. The quantitative estimate of drug-likeness (QED) is 0.452. The number of piperidine rings is 1. The third-order valence-electron chi connectivity index (χ3n) is 2.87. The van der Waals surface area contributed by atoms with Crippen LogP contribution in [0.1, 0.15) is 19.8 Å². The maximum Gasteiger partial charge on any atom is 0.0153 e. The van der Waals surface area contributed by atoms with Crippen LogP contribution in [0.4, 0.5) is 0 Å². The van der Waals surface area contributed by atoms with Crippen molar-refractivity contribution >= 4 is 0 Å². The van der Waals surface area contributed by atoms with Crippen LogP contribution in [-0.4, -0.2) is 24.5 Å². The van der Waals surface area contributed by atoms with Gasteiger partial charge in [-0.2, -0.15) is 0 Å². The Hall–Kier alpha value is -0.0400. The molecule has 1 heterocycles. The Balaban J connectivity index is 2.15. The molecule has 1 nitrogen and oxygen atoms in total. The second-order valence-corrected chi connectivity index (χ2v) is 3.60. The monoisotopic (exact) mass is 111 g/mol. The van der Waals surface area contributed by atoms with Crippen molar-refractivity contribution in [2.75, 3.05) is 13.6 Å². The van der Waals surface area contributed by atoms with Gasteiger partial charge in [-0.1, -0.05) is 6.92 Å². The number of likely N-dealkylation sites (tertiary alicyclic amines) is 1. The largest absolute Gasteiger partial charge is 0.303 e. The molecule has 2 fully saturated rings. The third-order valence-corrected chi connectivity index (χ3v) is 2.87. The maximum absolute atomic E-state index is 2.49. The molecule has 1 aliphatic carbocycles. The zero-order valence-electron chi connectivity index (χ0n) is 5.65. The van der Waals surface area contributed by atoms with Crippen LogP contribution < -0.4 is 0 Å². The second kappa shape index (κ2) is 1.10. The highest BCUT2D eigenvalue weighted by Crippen LogP contribution is 2.55. The van der Waals surface area contributed by atoms with E-state index in [0.29, 0.717) is 0 Å². The van der Waals surface area contributed by atoms with Crippen molar-refractivity contribution in [3.63, 3.8) is 0 Å². The molecule has 1 heteroatoms. The lowest BCUT2D eigenvalue weighted by atomic mass is 10.1. The van der Waals surface area contributed by atoms with E-state index in [9.17, 15) is 0 Å². The highest BCUT2D eigenvalue weighted by molar-refractivity contribution is 5.09. The second-order valence-electron chi connectivity index (χ2n) is 3.60. The van der Waals surface area contributed by atoms with E-state index >= 15 is 0 Å². The van der Waals surface area contributed by atoms with E-state index in [1.807, 2.05) is 0 Å². The Morgan fingerprint density at radius 3 is 2.50 bits per heavy atom. The van der Waals surface area contributed by atoms with E-state index in [4.69, 9.17) is 0 Å². The summed E-state index contributed by atoms with van der Waals surface area (Å²) in [5, 5.41) is 0. The van der Waals surface area contributed by atoms with Crippen LogP contribution >= 0.6 is 0 Å². The number of fused-ring (bicyclic) bond motifs is 1. The summed E-state index contributed by atoms with van der Waals surface area (Å²) in [6, 6.07) is 0.961. The van der Waals surface area contributed by atoms with Crippen LogP contribution in [-0.2, 0) is 0 Å². The lowest BCUT2D eigenvalue weighted by Gasteiger charge is -2.06. The van der Waals surface area contributed by atoms with Crippen LogP contribution in [0.15, 0.2) is 0 Å². The molecule has 1 saturated carbocycles. The Morgan fingerprint density at radius 1 is 1.62 bits per heavy atom. The van der Waals surface area contributed by atoms with E-state index in [2.05, 4.69) is 18.9 Å². The average Bonchev–Trinajstić information content (AvgIpc) is 2.32. The van der Waals surface area contributed by atoms with E-state index in [1.165, 1.54) is 19.4 Å². The van der Waals surface area contributed by atoms with Gasteiger partial charge in [0.2, 0.25) is 0 Å². The Bertz CT molecular complexity index is 122. The van der Waals surface area contributed by atoms with E-state index in [1.54, 1.807) is 0 Å². The molecule has 0 N–H and O–H groups in total. The van der Waals surface area contributed by atoms with Crippen molar-refractivity contribution in [2.24, 2.45) is 5.41 Å². The number of hydrogen-bond donors (Lipinski definition) is 0. The minimum atomic E-state index is 0.759. The topological polar surface area (TPSA) is 3.24 Å². The lowest BCUT2D eigenvalue weighted by molar-refractivity contribution is 0.368. The first kappa shape index (κ1) is 4.80. The fourth-order valence-electron chi connectivity index (χ4n) is 1.93. The van der Waals surface area contributed by atoms with Gasteiger partial charge in [-0.15, -0.1) is 0 Å². The van der Waals surface area contributed by atoms with Crippen LogP contribution in [0, 0.1) is 5.41 Å². The number of hydrogen-bond acceptors (Lipinski definition) is 1. The minimum Gasteiger partial charge on any atom is -0.303 e. The van der Waals surface area contributed by atoms with Gasteiger partial charge in [-0.25, -0.2) is 0 Å². The Kier molecular flexibility index (Phi) is 0.663. The summed E-state index contributed by atoms with van der Waals surface area (Å²) < 4.78 is 0. The van der Waals surface area contributed by atoms with Gasteiger partial charge in [0.15, 0.2) is 0 Å². The highest BCUT2D eigenvalue weighted by Gasteiger charge is 2.55.